The molecule has 322 valence electrons. The zero-order valence-electron chi connectivity index (χ0n) is 34.6. The van der Waals surface area contributed by atoms with E-state index in [2.05, 4.69) is 20.6 Å². The molecule has 16 heteroatoms. The van der Waals surface area contributed by atoms with Crippen LogP contribution in [0, 0.1) is 6.92 Å². The number of carbonyl (C=O) groups excluding carboxylic acids is 2. The Balaban J connectivity index is 0.000000255. The average molecular weight is 831 g/mol. The SMILES string of the molecule is CC.CCOc1cc2nc(C3CCOCC3)cn2cc1NC(=O)c1cccc(C(F)F)n1.COCc1cc2nc(C3CCOCC3)cn2cc1NC(=O)c1cccc(C)n1.[HH].[HH]. The maximum atomic E-state index is 12.9. The zero-order chi connectivity index (χ0) is 42.6. The van der Waals surface area contributed by atoms with Crippen LogP contribution in [0.5, 0.6) is 5.75 Å². The predicted octanol–water partition coefficient (Wildman–Crippen LogP) is 9.06. The van der Waals surface area contributed by atoms with Gasteiger partial charge in [0.1, 0.15) is 39.8 Å². The first kappa shape index (κ1) is 43.7. The van der Waals surface area contributed by atoms with Gasteiger partial charge in [-0.2, -0.15) is 0 Å². The molecule has 2 aliphatic rings. The fourth-order valence-corrected chi connectivity index (χ4v) is 7.01. The highest BCUT2D eigenvalue weighted by Gasteiger charge is 2.22. The van der Waals surface area contributed by atoms with E-state index in [0.717, 1.165) is 67.2 Å². The number of halogens is 2. The van der Waals surface area contributed by atoms with Crippen LogP contribution in [0.1, 0.15) is 117 Å². The lowest BCUT2D eigenvalue weighted by Crippen LogP contribution is -2.16. The molecule has 0 unspecified atom stereocenters. The highest BCUT2D eigenvalue weighted by atomic mass is 19.3. The Hall–Kier alpha value is -5.84. The molecule has 2 fully saturated rings. The molecule has 8 heterocycles. The van der Waals surface area contributed by atoms with E-state index < -0.39 is 18.0 Å². The van der Waals surface area contributed by atoms with Gasteiger partial charge in [-0.15, -0.1) is 0 Å². The number of alkyl halides is 2. The van der Waals surface area contributed by atoms with Crippen LogP contribution < -0.4 is 15.4 Å². The van der Waals surface area contributed by atoms with E-state index in [4.69, 9.17) is 28.9 Å². The first-order chi connectivity index (χ1) is 29.2. The van der Waals surface area contributed by atoms with Gasteiger partial charge in [-0.3, -0.25) is 9.59 Å². The standard InChI is InChI=1S/C21H22F2N4O3.C21H24N4O3.C2H6.2H2/c1-2-30-18-10-19-25-16(13-6-8-29-9-7-13)11-27(19)12-17(18)26-21(28)15-5-3-4-14(24-15)20(22)23;1-14-4-3-5-17(22-14)21(26)24-19-12-25-11-18(15-6-8-28-9-7-15)23-20(25)10-16(19)13-27-2;1-2;;/h3-5,10-13,20H,2,6-9H2,1H3,(H,26,28);3-5,10-12,15H,6-9,13H2,1-2H3,(H,24,26);1-2H3;2*1H. The second-order valence-corrected chi connectivity index (χ2v) is 14.1. The molecule has 0 bridgehead atoms. The third-order valence-electron chi connectivity index (χ3n) is 9.99. The monoisotopic (exact) mass is 830 g/mol. The van der Waals surface area contributed by atoms with Crippen LogP contribution in [0.4, 0.5) is 20.2 Å². The number of nitrogens with zero attached hydrogens (tertiary/aromatic N) is 6. The number of amides is 2. The van der Waals surface area contributed by atoms with Crippen molar-refractivity contribution in [3.63, 3.8) is 0 Å². The van der Waals surface area contributed by atoms with E-state index in [1.54, 1.807) is 25.4 Å². The number of ether oxygens (including phenoxy) is 4. The molecule has 60 heavy (non-hydrogen) atoms. The number of hydrogen-bond donors (Lipinski definition) is 2. The van der Waals surface area contributed by atoms with E-state index >= 15 is 0 Å². The fraction of sp³-hybridized carbons (Fsp3) is 0.409. The van der Waals surface area contributed by atoms with Crippen LogP contribution >= 0.6 is 0 Å². The van der Waals surface area contributed by atoms with E-state index in [9.17, 15) is 18.4 Å². The van der Waals surface area contributed by atoms with E-state index in [1.165, 1.54) is 18.2 Å². The Morgan fingerprint density at radius 1 is 0.783 bits per heavy atom. The maximum Gasteiger partial charge on any atom is 0.280 e. The molecular formula is C44H56F2N8O6. The second kappa shape index (κ2) is 20.9. The van der Waals surface area contributed by atoms with E-state index in [0.29, 0.717) is 66.7 Å². The molecule has 6 aromatic rings. The number of anilines is 2. The largest absolute Gasteiger partial charge is 0.491 e. The number of rotatable bonds is 11. The lowest BCUT2D eigenvalue weighted by atomic mass is 9.97. The summed E-state index contributed by atoms with van der Waals surface area (Å²) in [7, 11) is 1.64. The summed E-state index contributed by atoms with van der Waals surface area (Å²) >= 11 is 0. The minimum absolute atomic E-state index is 0. The highest BCUT2D eigenvalue weighted by molar-refractivity contribution is 6.04. The molecule has 0 saturated carbocycles. The molecule has 2 saturated heterocycles. The number of imidazole rings is 2. The molecule has 0 atom stereocenters. The van der Waals surface area contributed by atoms with Gasteiger partial charge < -0.3 is 38.4 Å². The van der Waals surface area contributed by atoms with Crippen molar-refractivity contribution in [2.24, 2.45) is 0 Å². The van der Waals surface area contributed by atoms with Gasteiger partial charge in [0.15, 0.2) is 0 Å². The van der Waals surface area contributed by atoms with Crippen molar-refractivity contribution in [1.29, 1.82) is 0 Å². The van der Waals surface area contributed by atoms with Crippen LogP contribution in [0.25, 0.3) is 11.3 Å². The molecule has 2 N–H and O–H groups in total. The Bertz CT molecular complexity index is 2380. The lowest BCUT2D eigenvalue weighted by molar-refractivity contribution is 0.0845. The number of hydrogen-bond acceptors (Lipinski definition) is 10. The van der Waals surface area contributed by atoms with Crippen molar-refractivity contribution in [3.8, 4) is 5.75 Å². The van der Waals surface area contributed by atoms with Gasteiger partial charge in [0.25, 0.3) is 18.2 Å². The third kappa shape index (κ3) is 10.9. The summed E-state index contributed by atoms with van der Waals surface area (Å²) in [5, 5.41) is 5.69. The fourth-order valence-electron chi connectivity index (χ4n) is 7.01. The summed E-state index contributed by atoms with van der Waals surface area (Å²) in [4.78, 5) is 42.8. The Morgan fingerprint density at radius 2 is 1.32 bits per heavy atom. The Morgan fingerprint density at radius 3 is 1.87 bits per heavy atom. The van der Waals surface area contributed by atoms with Gasteiger partial charge in [-0.05, 0) is 69.9 Å². The Kier molecular flexibility index (Phi) is 15.2. The first-order valence-corrected chi connectivity index (χ1v) is 20.3. The van der Waals surface area contributed by atoms with Gasteiger partial charge in [0.05, 0.1) is 30.3 Å². The molecule has 0 spiro atoms. The number of nitrogens with one attached hydrogen (secondary N) is 2. The molecule has 14 nitrogen and oxygen atoms in total. The number of methoxy groups -OCH3 is 1. The van der Waals surface area contributed by atoms with Gasteiger partial charge in [0.2, 0.25) is 0 Å². The number of aromatic nitrogens is 6. The minimum atomic E-state index is -2.75. The number of carbonyl (C=O) groups is 2. The van der Waals surface area contributed by atoms with Crippen LogP contribution in [0.3, 0.4) is 0 Å². The molecule has 0 aliphatic carbocycles. The van der Waals surface area contributed by atoms with Crippen LogP contribution in [-0.2, 0) is 20.8 Å². The van der Waals surface area contributed by atoms with E-state index in [1.807, 2.05) is 73.3 Å². The number of fused-ring (bicyclic) bond motifs is 2. The van der Waals surface area contributed by atoms with Crippen molar-refractivity contribution in [2.75, 3.05) is 50.8 Å². The van der Waals surface area contributed by atoms with Crippen LogP contribution in [-0.4, -0.2) is 80.7 Å². The van der Waals surface area contributed by atoms with Crippen molar-refractivity contribution >= 4 is 34.5 Å². The molecule has 6 aromatic heterocycles. The van der Waals surface area contributed by atoms with Crippen molar-refractivity contribution in [3.05, 3.63) is 113 Å². The van der Waals surface area contributed by atoms with Gasteiger partial charge in [-0.25, -0.2) is 28.7 Å². The normalized spacial score (nSPS) is 14.6. The molecule has 2 amide bonds. The van der Waals surface area contributed by atoms with Crippen LogP contribution in [0.15, 0.2) is 73.3 Å². The quantitative estimate of drug-likeness (QED) is 0.129. The zero-order valence-corrected chi connectivity index (χ0v) is 34.6. The predicted molar refractivity (Wildman–Crippen MR) is 228 cm³/mol. The average Bonchev–Trinajstić information content (AvgIpc) is 3.89. The van der Waals surface area contributed by atoms with Gasteiger partial charge in [-0.1, -0.05) is 26.0 Å². The van der Waals surface area contributed by atoms with Crippen molar-refractivity contribution < 1.29 is 40.2 Å². The summed E-state index contributed by atoms with van der Waals surface area (Å²) in [5.74, 6) is 0.350. The highest BCUT2D eigenvalue weighted by Crippen LogP contribution is 2.32. The summed E-state index contributed by atoms with van der Waals surface area (Å²) in [6.07, 6.45) is 8.64. The summed E-state index contributed by atoms with van der Waals surface area (Å²) in [6, 6.07) is 13.1. The summed E-state index contributed by atoms with van der Waals surface area (Å²) < 4.78 is 51.5. The van der Waals surface area contributed by atoms with Crippen molar-refractivity contribution in [1.82, 2.24) is 28.7 Å². The lowest BCUT2D eigenvalue weighted by Gasteiger charge is -2.19. The Labute approximate surface area is 350 Å². The second-order valence-electron chi connectivity index (χ2n) is 14.1. The molecule has 2 aliphatic heterocycles. The topological polar surface area (TPSA) is 156 Å². The summed E-state index contributed by atoms with van der Waals surface area (Å²) in [6.45, 7) is 11.5. The molecule has 0 radical (unpaired) electrons. The molecular weight excluding hydrogens is 775 g/mol. The minimum Gasteiger partial charge on any atom is -0.491 e. The van der Waals surface area contributed by atoms with E-state index in [-0.39, 0.29) is 14.5 Å². The summed E-state index contributed by atoms with van der Waals surface area (Å²) in [5.41, 5.74) is 6.21. The van der Waals surface area contributed by atoms with Crippen molar-refractivity contribution in [2.45, 2.75) is 78.2 Å². The van der Waals surface area contributed by atoms with Gasteiger partial charge >= 0.3 is 0 Å². The number of aryl methyl sites for hydroxylation is 1. The smallest absolute Gasteiger partial charge is 0.280 e. The number of pyridine rings is 4. The maximum absolute atomic E-state index is 12.9. The van der Waals surface area contributed by atoms with Gasteiger partial charge in [0, 0.05) is 90.3 Å². The molecule has 8 rings (SSSR count). The first-order valence-electron chi connectivity index (χ1n) is 20.3. The van der Waals surface area contributed by atoms with Crippen LogP contribution in [0.2, 0.25) is 0 Å². The third-order valence-corrected chi connectivity index (χ3v) is 9.99. The molecule has 0 aromatic carbocycles.